The number of carbonyl (C=O) groups is 2. The first kappa shape index (κ1) is 22.5. The molecule has 9 heteroatoms. The van der Waals surface area contributed by atoms with Crippen molar-refractivity contribution < 1.29 is 22.7 Å². The molecular formula is C22H25N3O5S. The normalized spacial score (nSPS) is 15.5. The predicted molar refractivity (Wildman–Crippen MR) is 118 cm³/mol. The van der Waals surface area contributed by atoms with Gasteiger partial charge >= 0.3 is 0 Å². The van der Waals surface area contributed by atoms with E-state index in [0.29, 0.717) is 5.69 Å². The molecule has 0 saturated carbocycles. The summed E-state index contributed by atoms with van der Waals surface area (Å²) in [6.07, 6.45) is 3.54. The molecule has 1 atom stereocenters. The number of nitrogens with one attached hydrogen (secondary N) is 1. The minimum Gasteiger partial charge on any atom is -0.495 e. The standard InChI is InChI=1S/C22H25N3O5S/c1-15(26)25-12-11-16-7-5-6-8-18(16)19(25)14-22(27)23-17-9-10-20(30-4)21(13-17)31(28,29)24(2)3/h5-13,19H,14H2,1-4H3,(H,23,27)/t19-/m0/s1. The van der Waals surface area contributed by atoms with Gasteiger partial charge < -0.3 is 15.0 Å². The average molecular weight is 444 g/mol. The first-order valence-corrected chi connectivity index (χ1v) is 11.1. The molecule has 2 amide bonds. The van der Waals surface area contributed by atoms with Crippen molar-refractivity contribution in [2.45, 2.75) is 24.3 Å². The second-order valence-electron chi connectivity index (χ2n) is 7.29. The average Bonchev–Trinajstić information content (AvgIpc) is 2.73. The molecule has 31 heavy (non-hydrogen) atoms. The van der Waals surface area contributed by atoms with Gasteiger partial charge in [0.1, 0.15) is 10.6 Å². The summed E-state index contributed by atoms with van der Waals surface area (Å²) in [6.45, 7) is 1.45. The zero-order chi connectivity index (χ0) is 22.8. The van der Waals surface area contributed by atoms with Gasteiger partial charge in [-0.1, -0.05) is 24.3 Å². The van der Waals surface area contributed by atoms with E-state index in [2.05, 4.69) is 5.32 Å². The van der Waals surface area contributed by atoms with Crippen molar-refractivity contribution in [3.8, 4) is 5.75 Å². The molecule has 0 spiro atoms. The molecule has 0 aliphatic carbocycles. The number of anilines is 1. The Labute approximate surface area is 182 Å². The molecule has 2 aromatic carbocycles. The molecule has 2 aromatic rings. The number of benzene rings is 2. The monoisotopic (exact) mass is 443 g/mol. The van der Waals surface area contributed by atoms with Gasteiger partial charge in [-0.3, -0.25) is 9.59 Å². The summed E-state index contributed by atoms with van der Waals surface area (Å²) in [7, 11) is 0.454. The molecule has 1 heterocycles. The summed E-state index contributed by atoms with van der Waals surface area (Å²) < 4.78 is 31.5. The molecule has 0 aromatic heterocycles. The molecule has 3 rings (SSSR count). The Hall–Kier alpha value is -3.17. The summed E-state index contributed by atoms with van der Waals surface area (Å²) in [5.74, 6) is -0.340. The molecule has 0 unspecified atom stereocenters. The number of methoxy groups -OCH3 is 1. The van der Waals surface area contributed by atoms with Crippen LogP contribution < -0.4 is 10.1 Å². The Morgan fingerprint density at radius 2 is 1.87 bits per heavy atom. The van der Waals surface area contributed by atoms with Crippen LogP contribution in [0.2, 0.25) is 0 Å². The first-order chi connectivity index (χ1) is 14.6. The Morgan fingerprint density at radius 1 is 1.16 bits per heavy atom. The van der Waals surface area contributed by atoms with Gasteiger partial charge in [0.15, 0.2) is 0 Å². The van der Waals surface area contributed by atoms with Gasteiger partial charge in [0, 0.05) is 32.9 Å². The van der Waals surface area contributed by atoms with Crippen molar-refractivity contribution in [2.24, 2.45) is 0 Å². The van der Waals surface area contributed by atoms with E-state index < -0.39 is 16.1 Å². The Morgan fingerprint density at radius 3 is 2.52 bits per heavy atom. The largest absolute Gasteiger partial charge is 0.495 e. The fourth-order valence-corrected chi connectivity index (χ4v) is 4.53. The van der Waals surface area contributed by atoms with Crippen molar-refractivity contribution >= 4 is 33.6 Å². The quantitative estimate of drug-likeness (QED) is 0.741. The van der Waals surface area contributed by atoms with Crippen molar-refractivity contribution in [3.63, 3.8) is 0 Å². The van der Waals surface area contributed by atoms with E-state index in [1.165, 1.54) is 45.2 Å². The van der Waals surface area contributed by atoms with Gasteiger partial charge in [0.05, 0.1) is 19.6 Å². The maximum atomic E-state index is 12.8. The van der Waals surface area contributed by atoms with Crippen LogP contribution in [0, 0.1) is 0 Å². The van der Waals surface area contributed by atoms with Crippen LogP contribution in [0.4, 0.5) is 5.69 Å². The molecule has 8 nitrogen and oxygen atoms in total. The number of carbonyl (C=O) groups excluding carboxylic acids is 2. The van der Waals surface area contributed by atoms with Gasteiger partial charge in [-0.05, 0) is 35.4 Å². The van der Waals surface area contributed by atoms with Crippen molar-refractivity contribution in [3.05, 3.63) is 59.8 Å². The SMILES string of the molecule is COc1ccc(NC(=O)C[C@H]2c3ccccc3C=CN2C(C)=O)cc1S(=O)(=O)N(C)C. The molecule has 1 aliphatic heterocycles. The highest BCUT2D eigenvalue weighted by Crippen LogP contribution is 2.34. The fourth-order valence-electron chi connectivity index (χ4n) is 3.45. The lowest BCUT2D eigenvalue weighted by molar-refractivity contribution is -0.129. The highest BCUT2D eigenvalue weighted by atomic mass is 32.2. The van der Waals surface area contributed by atoms with E-state index in [1.807, 2.05) is 30.3 Å². The van der Waals surface area contributed by atoms with Crippen LogP contribution in [-0.2, 0) is 19.6 Å². The van der Waals surface area contributed by atoms with Crippen LogP contribution in [0.15, 0.2) is 53.6 Å². The van der Waals surface area contributed by atoms with Crippen molar-refractivity contribution in [1.82, 2.24) is 9.21 Å². The van der Waals surface area contributed by atoms with Gasteiger partial charge in [-0.15, -0.1) is 0 Å². The van der Waals surface area contributed by atoms with Crippen LogP contribution in [0.1, 0.15) is 30.5 Å². The van der Waals surface area contributed by atoms with E-state index in [0.717, 1.165) is 15.4 Å². The molecule has 0 saturated heterocycles. The van der Waals surface area contributed by atoms with Crippen molar-refractivity contribution in [1.29, 1.82) is 0 Å². The number of nitrogens with zero attached hydrogens (tertiary/aromatic N) is 2. The number of amides is 2. The lowest BCUT2D eigenvalue weighted by Gasteiger charge is -2.32. The van der Waals surface area contributed by atoms with Crippen LogP contribution >= 0.6 is 0 Å². The number of hydrogen-bond acceptors (Lipinski definition) is 5. The van der Waals surface area contributed by atoms with E-state index in [9.17, 15) is 18.0 Å². The molecule has 0 fully saturated rings. The smallest absolute Gasteiger partial charge is 0.246 e. The fraction of sp³-hybridized carbons (Fsp3) is 0.273. The number of rotatable bonds is 6. The minimum absolute atomic E-state index is 0.0166. The highest BCUT2D eigenvalue weighted by Gasteiger charge is 2.28. The van der Waals surface area contributed by atoms with Crippen molar-refractivity contribution in [2.75, 3.05) is 26.5 Å². The molecule has 1 aliphatic rings. The number of sulfonamides is 1. The number of hydrogen-bond donors (Lipinski definition) is 1. The zero-order valence-electron chi connectivity index (χ0n) is 17.8. The third-order valence-corrected chi connectivity index (χ3v) is 6.89. The van der Waals surface area contributed by atoms with Crippen LogP contribution in [0.25, 0.3) is 6.08 Å². The zero-order valence-corrected chi connectivity index (χ0v) is 18.6. The van der Waals surface area contributed by atoms with Crippen LogP contribution in [0.3, 0.4) is 0 Å². The van der Waals surface area contributed by atoms with E-state index >= 15 is 0 Å². The van der Waals surface area contributed by atoms with Gasteiger partial charge in [0.2, 0.25) is 21.8 Å². The van der Waals surface area contributed by atoms with Gasteiger partial charge in [-0.2, -0.15) is 0 Å². The van der Waals surface area contributed by atoms with Crippen LogP contribution in [0.5, 0.6) is 5.75 Å². The maximum absolute atomic E-state index is 12.8. The summed E-state index contributed by atoms with van der Waals surface area (Å²) >= 11 is 0. The summed E-state index contributed by atoms with van der Waals surface area (Å²) in [4.78, 5) is 26.4. The third kappa shape index (κ3) is 4.62. The Bertz CT molecular complexity index is 1140. The van der Waals surface area contributed by atoms with Gasteiger partial charge in [-0.25, -0.2) is 12.7 Å². The molecule has 164 valence electrons. The highest BCUT2D eigenvalue weighted by molar-refractivity contribution is 7.89. The predicted octanol–water partition coefficient (Wildman–Crippen LogP) is 2.85. The van der Waals surface area contributed by atoms with Crippen LogP contribution in [-0.4, -0.2) is 50.6 Å². The van der Waals surface area contributed by atoms with Gasteiger partial charge in [0.25, 0.3) is 0 Å². The number of ether oxygens (including phenoxy) is 1. The second-order valence-corrected chi connectivity index (χ2v) is 9.41. The number of fused-ring (bicyclic) bond motifs is 1. The summed E-state index contributed by atoms with van der Waals surface area (Å²) in [5.41, 5.74) is 2.14. The first-order valence-electron chi connectivity index (χ1n) is 9.61. The summed E-state index contributed by atoms with van der Waals surface area (Å²) in [6, 6.07) is 11.6. The lowest BCUT2D eigenvalue weighted by atomic mass is 9.93. The molecular weight excluding hydrogens is 418 g/mol. The second kappa shape index (κ2) is 8.91. The lowest BCUT2D eigenvalue weighted by Crippen LogP contribution is -2.33. The maximum Gasteiger partial charge on any atom is 0.246 e. The molecule has 0 radical (unpaired) electrons. The van der Waals surface area contributed by atoms with E-state index in [4.69, 9.17) is 4.74 Å². The molecule has 0 bridgehead atoms. The third-order valence-electron chi connectivity index (χ3n) is 5.05. The summed E-state index contributed by atoms with van der Waals surface area (Å²) in [5, 5.41) is 2.74. The Kier molecular flexibility index (Phi) is 6.47. The van der Waals surface area contributed by atoms with E-state index in [-0.39, 0.29) is 28.9 Å². The minimum atomic E-state index is -3.77. The topological polar surface area (TPSA) is 96.0 Å². The Balaban J connectivity index is 1.87. The molecule has 1 N–H and O–H groups in total. The van der Waals surface area contributed by atoms with E-state index in [1.54, 1.807) is 12.3 Å².